The average molecular weight is 376 g/mol. The second-order valence-electron chi connectivity index (χ2n) is 4.85. The Labute approximate surface area is 121 Å². The van der Waals surface area contributed by atoms with Crippen molar-refractivity contribution in [3.63, 3.8) is 0 Å². The summed E-state index contributed by atoms with van der Waals surface area (Å²) in [6.45, 7) is 1.81. The monoisotopic (exact) mass is 376 g/mol. The van der Waals surface area contributed by atoms with Crippen LogP contribution in [0.1, 0.15) is 49.0 Å². The van der Waals surface area contributed by atoms with Gasteiger partial charge in [0.1, 0.15) is 0 Å². The van der Waals surface area contributed by atoms with Gasteiger partial charge in [0.15, 0.2) is 0 Å². The number of hydrogen-bond donors (Lipinski definition) is 0. The molecule has 1 aromatic carbocycles. The second kappa shape index (κ2) is 6.06. The van der Waals surface area contributed by atoms with E-state index in [9.17, 15) is 0 Å². The minimum atomic E-state index is 0.306. The Morgan fingerprint density at radius 2 is 1.56 bits per heavy atom. The molecule has 0 N–H and O–H groups in total. The molecule has 0 aliphatic carbocycles. The molecule has 2 nitrogen and oxygen atoms in total. The predicted molar refractivity (Wildman–Crippen MR) is 76.6 cm³/mol. The third-order valence-corrected chi connectivity index (χ3v) is 6.70. The van der Waals surface area contributed by atoms with E-state index in [0.29, 0.717) is 25.4 Å². The van der Waals surface area contributed by atoms with Crippen molar-refractivity contribution in [1.82, 2.24) is 0 Å². The number of rotatable bonds is 3. The molecule has 3 rings (SSSR count). The van der Waals surface area contributed by atoms with Gasteiger partial charge in [-0.15, -0.1) is 0 Å². The molecule has 2 aliphatic rings. The molecule has 0 spiro atoms. The number of hydrogen-bond acceptors (Lipinski definition) is 2. The Hall–Kier alpha value is 0.139. The standard InChI is InChI=1S/C14H17BrO2Se/c15-18-14-10(12-6-2-8-16-12)4-1-5-11(14)13-7-3-9-17-13/h1,4-5,12-13H,2-3,6-9H2/t12-,13-/m0/s1. The van der Waals surface area contributed by atoms with Crippen molar-refractivity contribution in [2.45, 2.75) is 37.9 Å². The van der Waals surface area contributed by atoms with Crippen molar-refractivity contribution in [3.8, 4) is 0 Å². The molecular weight excluding hydrogens is 359 g/mol. The molecule has 0 bridgehead atoms. The van der Waals surface area contributed by atoms with Gasteiger partial charge in [0.25, 0.3) is 0 Å². The van der Waals surface area contributed by atoms with Gasteiger partial charge in [-0.3, -0.25) is 0 Å². The van der Waals surface area contributed by atoms with Crippen LogP contribution in [0.5, 0.6) is 0 Å². The van der Waals surface area contributed by atoms with Crippen LogP contribution in [-0.2, 0) is 9.47 Å². The Kier molecular flexibility index (Phi) is 4.42. The maximum absolute atomic E-state index is 5.85. The molecule has 0 amide bonds. The van der Waals surface area contributed by atoms with Crippen LogP contribution in [0.3, 0.4) is 0 Å². The predicted octanol–water partition coefficient (Wildman–Crippen LogP) is 3.03. The normalized spacial score (nSPS) is 27.8. The summed E-state index contributed by atoms with van der Waals surface area (Å²) >= 11 is 4.02. The number of benzene rings is 1. The van der Waals surface area contributed by atoms with Crippen LogP contribution in [0.25, 0.3) is 0 Å². The van der Waals surface area contributed by atoms with Crippen LogP contribution in [0.4, 0.5) is 0 Å². The molecule has 4 heteroatoms. The second-order valence-corrected chi connectivity index (χ2v) is 7.71. The summed E-state index contributed by atoms with van der Waals surface area (Å²) in [4.78, 5) is 0. The molecule has 18 heavy (non-hydrogen) atoms. The zero-order valence-corrected chi connectivity index (χ0v) is 13.5. The van der Waals surface area contributed by atoms with E-state index in [-0.39, 0.29) is 0 Å². The van der Waals surface area contributed by atoms with Gasteiger partial charge in [-0.25, -0.2) is 0 Å². The first kappa shape index (κ1) is 13.1. The first-order valence-electron chi connectivity index (χ1n) is 6.55. The topological polar surface area (TPSA) is 18.5 Å². The van der Waals surface area contributed by atoms with E-state index in [1.807, 2.05) is 0 Å². The zero-order valence-electron chi connectivity index (χ0n) is 10.2. The molecule has 2 aliphatic heterocycles. The fourth-order valence-electron chi connectivity index (χ4n) is 2.82. The van der Waals surface area contributed by atoms with Gasteiger partial charge in [0.05, 0.1) is 0 Å². The van der Waals surface area contributed by atoms with Crippen molar-refractivity contribution < 1.29 is 9.47 Å². The summed E-state index contributed by atoms with van der Waals surface area (Å²) in [5, 5.41) is 0. The Morgan fingerprint density at radius 3 is 1.94 bits per heavy atom. The zero-order chi connectivity index (χ0) is 12.4. The van der Waals surface area contributed by atoms with Crippen molar-refractivity contribution in [2.24, 2.45) is 0 Å². The minimum absolute atomic E-state index is 0.306. The van der Waals surface area contributed by atoms with Gasteiger partial charge in [-0.1, -0.05) is 0 Å². The summed E-state index contributed by atoms with van der Waals surface area (Å²) in [5.74, 6) is 0. The quantitative estimate of drug-likeness (QED) is 0.756. The fourth-order valence-corrected chi connectivity index (χ4v) is 5.97. The van der Waals surface area contributed by atoms with Gasteiger partial charge < -0.3 is 0 Å². The third-order valence-electron chi connectivity index (χ3n) is 3.71. The van der Waals surface area contributed by atoms with Crippen LogP contribution in [0.2, 0.25) is 0 Å². The molecule has 2 heterocycles. The van der Waals surface area contributed by atoms with E-state index in [4.69, 9.17) is 9.47 Å². The Morgan fingerprint density at radius 1 is 1.00 bits per heavy atom. The van der Waals surface area contributed by atoms with Gasteiger partial charge in [0, 0.05) is 0 Å². The molecule has 0 radical (unpaired) electrons. The summed E-state index contributed by atoms with van der Waals surface area (Å²) in [7, 11) is 0. The van der Waals surface area contributed by atoms with Crippen LogP contribution in [0, 0.1) is 0 Å². The van der Waals surface area contributed by atoms with Crippen molar-refractivity contribution in [1.29, 1.82) is 0 Å². The molecule has 0 saturated carbocycles. The molecule has 1 aromatic rings. The number of ether oxygens (including phenoxy) is 2. The molecule has 2 saturated heterocycles. The Bertz CT molecular complexity index is 378. The first-order chi connectivity index (χ1) is 8.90. The van der Waals surface area contributed by atoms with E-state index in [1.54, 1.807) is 0 Å². The van der Waals surface area contributed by atoms with Gasteiger partial charge in [-0.2, -0.15) is 0 Å². The SMILES string of the molecule is Br[Se]c1c([C@@H]2CCCO2)cccc1[C@@H]1CCCO1. The van der Waals surface area contributed by atoms with Crippen molar-refractivity contribution >= 4 is 31.7 Å². The summed E-state index contributed by atoms with van der Waals surface area (Å²) in [6, 6.07) is 6.62. The van der Waals surface area contributed by atoms with E-state index in [0.717, 1.165) is 26.1 Å². The summed E-state index contributed by atoms with van der Waals surface area (Å²) in [6.07, 6.45) is 5.30. The van der Waals surface area contributed by atoms with Crippen molar-refractivity contribution in [3.05, 3.63) is 29.3 Å². The number of halogens is 1. The first-order valence-corrected chi connectivity index (χ1v) is 11.4. The molecule has 2 fully saturated rings. The molecule has 98 valence electrons. The maximum atomic E-state index is 5.85. The molecular formula is C14H17BrO2Se. The van der Waals surface area contributed by atoms with Crippen LogP contribution in [-0.4, -0.2) is 26.4 Å². The average Bonchev–Trinajstić information content (AvgIpc) is 3.10. The van der Waals surface area contributed by atoms with E-state index >= 15 is 0 Å². The molecule has 0 unspecified atom stereocenters. The molecule has 0 aromatic heterocycles. The van der Waals surface area contributed by atoms with Crippen LogP contribution < -0.4 is 4.46 Å². The third kappa shape index (κ3) is 2.54. The van der Waals surface area contributed by atoms with Gasteiger partial charge in [0.2, 0.25) is 0 Å². The fraction of sp³-hybridized carbons (Fsp3) is 0.571. The van der Waals surface area contributed by atoms with E-state index in [2.05, 4.69) is 32.3 Å². The van der Waals surface area contributed by atoms with Crippen LogP contribution in [0.15, 0.2) is 18.2 Å². The summed E-state index contributed by atoms with van der Waals surface area (Å²) < 4.78 is 13.1. The van der Waals surface area contributed by atoms with E-state index in [1.165, 1.54) is 28.4 Å². The van der Waals surface area contributed by atoms with Crippen LogP contribution >= 0.6 is 14.1 Å². The molecule has 2 atom stereocenters. The van der Waals surface area contributed by atoms with E-state index < -0.39 is 0 Å². The van der Waals surface area contributed by atoms with Gasteiger partial charge >= 0.3 is 122 Å². The van der Waals surface area contributed by atoms with Gasteiger partial charge in [-0.05, 0) is 0 Å². The van der Waals surface area contributed by atoms with Crippen molar-refractivity contribution in [2.75, 3.05) is 13.2 Å². The Balaban J connectivity index is 1.95. The summed E-state index contributed by atoms with van der Waals surface area (Å²) in [5.41, 5.74) is 2.77.